The van der Waals surface area contributed by atoms with Crippen molar-refractivity contribution in [3.63, 3.8) is 0 Å². The first-order valence-corrected chi connectivity index (χ1v) is 8.01. The number of amides is 1. The van der Waals surface area contributed by atoms with E-state index in [2.05, 4.69) is 39.8 Å². The Kier molecular flexibility index (Phi) is 4.93. The lowest BCUT2D eigenvalue weighted by Crippen LogP contribution is -2.27. The van der Waals surface area contributed by atoms with Crippen LogP contribution in [0.4, 0.5) is 0 Å². The van der Waals surface area contributed by atoms with Gasteiger partial charge in [0.2, 0.25) is 0 Å². The number of hydrogen-bond donors (Lipinski definition) is 1. The Bertz CT molecular complexity index is 582. The van der Waals surface area contributed by atoms with Gasteiger partial charge in [-0.3, -0.25) is 4.79 Å². The number of halogens is 1. The number of thiazole rings is 1. The maximum absolute atomic E-state index is 12.2. The quantitative estimate of drug-likeness (QED) is 0.813. The number of nitrogens with zero attached hydrogens (tertiary/aromatic N) is 1. The number of benzene rings is 1. The molecule has 0 aliphatic rings. The Morgan fingerprint density at radius 2 is 2.21 bits per heavy atom. The molecule has 0 spiro atoms. The molecular weight excluding hydrogens is 371 g/mol. The molecule has 0 fully saturated rings. The van der Waals surface area contributed by atoms with Gasteiger partial charge in [0.25, 0.3) is 5.91 Å². The zero-order valence-electron chi connectivity index (χ0n) is 10.8. The average molecular weight is 386 g/mol. The SMILES string of the molecule is CCc1cnc(C(C)NC(=O)c2ccccc2I)s1. The second-order valence-corrected chi connectivity index (χ2v) is 6.50. The smallest absolute Gasteiger partial charge is 0.252 e. The van der Waals surface area contributed by atoms with Crippen molar-refractivity contribution >= 4 is 39.8 Å². The number of rotatable bonds is 4. The first-order valence-electron chi connectivity index (χ1n) is 6.11. The molecule has 1 N–H and O–H groups in total. The van der Waals surface area contributed by atoms with Crippen LogP contribution in [-0.4, -0.2) is 10.9 Å². The van der Waals surface area contributed by atoms with Gasteiger partial charge < -0.3 is 5.32 Å². The molecule has 1 heterocycles. The number of aryl methyl sites for hydroxylation is 1. The molecule has 2 rings (SSSR count). The Balaban J connectivity index is 2.08. The molecule has 19 heavy (non-hydrogen) atoms. The van der Waals surface area contributed by atoms with Crippen LogP contribution in [-0.2, 0) is 6.42 Å². The summed E-state index contributed by atoms with van der Waals surface area (Å²) in [6.45, 7) is 4.07. The topological polar surface area (TPSA) is 42.0 Å². The van der Waals surface area contributed by atoms with Crippen LogP contribution in [0.1, 0.15) is 40.1 Å². The van der Waals surface area contributed by atoms with Crippen LogP contribution in [0.2, 0.25) is 0 Å². The summed E-state index contributed by atoms with van der Waals surface area (Å²) in [5.41, 5.74) is 0.710. The van der Waals surface area contributed by atoms with Gasteiger partial charge >= 0.3 is 0 Å². The summed E-state index contributed by atoms with van der Waals surface area (Å²) in [5.74, 6) is -0.0502. The third kappa shape index (κ3) is 3.54. The lowest BCUT2D eigenvalue weighted by molar-refractivity contribution is 0.0939. The fourth-order valence-electron chi connectivity index (χ4n) is 1.67. The Morgan fingerprint density at radius 3 is 2.84 bits per heavy atom. The fraction of sp³-hybridized carbons (Fsp3) is 0.286. The third-order valence-corrected chi connectivity index (χ3v) is 5.02. The predicted octanol–water partition coefficient (Wildman–Crippen LogP) is 3.80. The van der Waals surface area contributed by atoms with Crippen molar-refractivity contribution in [2.24, 2.45) is 0 Å². The summed E-state index contributed by atoms with van der Waals surface area (Å²) < 4.78 is 0.957. The van der Waals surface area contributed by atoms with E-state index in [0.717, 1.165) is 15.0 Å². The van der Waals surface area contributed by atoms with E-state index in [4.69, 9.17) is 0 Å². The van der Waals surface area contributed by atoms with Crippen LogP contribution in [0.25, 0.3) is 0 Å². The summed E-state index contributed by atoms with van der Waals surface area (Å²) in [7, 11) is 0. The molecule has 0 aliphatic carbocycles. The zero-order valence-corrected chi connectivity index (χ0v) is 13.8. The lowest BCUT2D eigenvalue weighted by atomic mass is 10.2. The second-order valence-electron chi connectivity index (χ2n) is 4.19. The Morgan fingerprint density at radius 1 is 1.47 bits per heavy atom. The standard InChI is InChI=1S/C14H15IN2OS/c1-3-10-8-16-14(19-10)9(2)17-13(18)11-6-4-5-7-12(11)15/h4-9H,3H2,1-2H3,(H,17,18). The van der Waals surface area contributed by atoms with Crippen molar-refractivity contribution in [3.8, 4) is 0 Å². The van der Waals surface area contributed by atoms with Crippen LogP contribution < -0.4 is 5.32 Å². The van der Waals surface area contributed by atoms with Crippen LogP contribution in [0, 0.1) is 3.57 Å². The molecule has 3 nitrogen and oxygen atoms in total. The van der Waals surface area contributed by atoms with E-state index in [1.54, 1.807) is 11.3 Å². The summed E-state index contributed by atoms with van der Waals surface area (Å²) in [6.07, 6.45) is 2.86. The minimum Gasteiger partial charge on any atom is -0.343 e. The third-order valence-electron chi connectivity index (χ3n) is 2.76. The van der Waals surface area contributed by atoms with Crippen LogP contribution in [0.3, 0.4) is 0 Å². The van der Waals surface area contributed by atoms with Crippen molar-refractivity contribution in [3.05, 3.63) is 49.5 Å². The van der Waals surface area contributed by atoms with Gasteiger partial charge in [-0.05, 0) is 48.1 Å². The fourth-order valence-corrected chi connectivity index (χ4v) is 3.16. The van der Waals surface area contributed by atoms with E-state index in [0.29, 0.717) is 5.56 Å². The molecular formula is C14H15IN2OS. The monoisotopic (exact) mass is 386 g/mol. The molecule has 0 bridgehead atoms. The van der Waals surface area contributed by atoms with Crippen molar-refractivity contribution in [2.75, 3.05) is 0 Å². The van der Waals surface area contributed by atoms with Gasteiger partial charge in [0.05, 0.1) is 11.6 Å². The van der Waals surface area contributed by atoms with Crippen molar-refractivity contribution in [1.82, 2.24) is 10.3 Å². The highest BCUT2D eigenvalue weighted by Gasteiger charge is 2.15. The highest BCUT2D eigenvalue weighted by molar-refractivity contribution is 14.1. The molecule has 0 aliphatic heterocycles. The van der Waals surface area contributed by atoms with Gasteiger partial charge in [-0.25, -0.2) is 4.98 Å². The molecule has 0 saturated carbocycles. The molecule has 1 aromatic carbocycles. The van der Waals surface area contributed by atoms with Gasteiger partial charge in [-0.15, -0.1) is 11.3 Å². The molecule has 1 amide bonds. The minimum atomic E-state index is -0.0613. The summed E-state index contributed by atoms with van der Waals surface area (Å²) in [5, 5.41) is 3.95. The normalized spacial score (nSPS) is 12.2. The maximum Gasteiger partial charge on any atom is 0.252 e. The largest absolute Gasteiger partial charge is 0.343 e. The highest BCUT2D eigenvalue weighted by Crippen LogP contribution is 2.21. The zero-order chi connectivity index (χ0) is 13.8. The maximum atomic E-state index is 12.2. The van der Waals surface area contributed by atoms with Crippen molar-refractivity contribution in [2.45, 2.75) is 26.3 Å². The molecule has 0 saturated heterocycles. The number of aromatic nitrogens is 1. The summed E-state index contributed by atoms with van der Waals surface area (Å²) >= 11 is 3.83. The highest BCUT2D eigenvalue weighted by atomic mass is 127. The number of nitrogens with one attached hydrogen (secondary N) is 1. The van der Waals surface area contributed by atoms with Crippen molar-refractivity contribution < 1.29 is 4.79 Å². The van der Waals surface area contributed by atoms with Gasteiger partial charge in [-0.1, -0.05) is 19.1 Å². The van der Waals surface area contributed by atoms with E-state index >= 15 is 0 Å². The van der Waals surface area contributed by atoms with Crippen molar-refractivity contribution in [1.29, 1.82) is 0 Å². The van der Waals surface area contributed by atoms with E-state index in [9.17, 15) is 4.79 Å². The predicted molar refractivity (Wildman–Crippen MR) is 86.5 cm³/mol. The number of carbonyl (C=O) groups is 1. The van der Waals surface area contributed by atoms with E-state index in [1.807, 2.05) is 37.4 Å². The number of carbonyl (C=O) groups excluding carboxylic acids is 1. The van der Waals surface area contributed by atoms with Gasteiger partial charge in [0, 0.05) is 14.6 Å². The molecule has 5 heteroatoms. The van der Waals surface area contributed by atoms with E-state index < -0.39 is 0 Å². The molecule has 0 radical (unpaired) electrons. The summed E-state index contributed by atoms with van der Waals surface area (Å²) in [6, 6.07) is 7.51. The Hall–Kier alpha value is -0.950. The first kappa shape index (κ1) is 14.5. The summed E-state index contributed by atoms with van der Waals surface area (Å²) in [4.78, 5) is 17.8. The second kappa shape index (κ2) is 6.47. The van der Waals surface area contributed by atoms with E-state index in [-0.39, 0.29) is 11.9 Å². The lowest BCUT2D eigenvalue weighted by Gasteiger charge is -2.12. The molecule has 100 valence electrons. The molecule has 1 aromatic heterocycles. The molecule has 1 atom stereocenters. The van der Waals surface area contributed by atoms with Crippen LogP contribution in [0.15, 0.2) is 30.5 Å². The van der Waals surface area contributed by atoms with Gasteiger partial charge in [0.1, 0.15) is 5.01 Å². The number of hydrogen-bond acceptors (Lipinski definition) is 3. The molecule has 2 aromatic rings. The van der Waals surface area contributed by atoms with Gasteiger partial charge in [-0.2, -0.15) is 0 Å². The van der Waals surface area contributed by atoms with E-state index in [1.165, 1.54) is 4.88 Å². The van der Waals surface area contributed by atoms with Crippen LogP contribution in [0.5, 0.6) is 0 Å². The molecule has 1 unspecified atom stereocenters. The minimum absolute atomic E-state index is 0.0502. The first-order chi connectivity index (χ1) is 9.11. The Labute approximate surface area is 130 Å². The average Bonchev–Trinajstić information content (AvgIpc) is 2.88. The van der Waals surface area contributed by atoms with Crippen LogP contribution >= 0.6 is 33.9 Å². The van der Waals surface area contributed by atoms with Gasteiger partial charge in [0.15, 0.2) is 0 Å².